The summed E-state index contributed by atoms with van der Waals surface area (Å²) in [6, 6.07) is 7.10. The van der Waals surface area contributed by atoms with Crippen LogP contribution in [-0.2, 0) is 20.9 Å². The van der Waals surface area contributed by atoms with Crippen LogP contribution in [0.25, 0.3) is 0 Å². The Morgan fingerprint density at radius 3 is 2.64 bits per heavy atom. The smallest absolute Gasteiger partial charge is 0.290 e. The third kappa shape index (κ3) is 6.85. The maximum absolute atomic E-state index is 13.5. The molecule has 4 rings (SSSR count). The average molecular weight is 694 g/mol. The number of amides is 2. The van der Waals surface area contributed by atoms with E-state index in [1.807, 2.05) is 22.6 Å². The molecule has 0 bridgehead atoms. The van der Waals surface area contributed by atoms with E-state index >= 15 is 0 Å². The first-order valence-corrected chi connectivity index (χ1v) is 14.3. The molecule has 1 aliphatic heterocycles. The number of nitrogens with one attached hydrogen (secondary N) is 1. The van der Waals surface area contributed by atoms with Crippen molar-refractivity contribution in [1.29, 1.82) is 0 Å². The van der Waals surface area contributed by atoms with Crippen molar-refractivity contribution in [3.63, 3.8) is 0 Å². The molecule has 1 aliphatic carbocycles. The van der Waals surface area contributed by atoms with Crippen molar-refractivity contribution < 1.29 is 48.3 Å². The molecule has 13 heteroatoms. The van der Waals surface area contributed by atoms with E-state index in [0.29, 0.717) is 32.5 Å². The van der Waals surface area contributed by atoms with E-state index in [9.17, 15) is 29.4 Å². The molecule has 0 aromatic heterocycles. The third-order valence-corrected chi connectivity index (χ3v) is 7.67. The number of fused-ring (bicyclic) bond motifs is 1. The number of benzene rings is 2. The standard InChI is InChI=1S/C29H31IN2O10/c1-3-21(35)29(38)32(13-16-4-5-22-23(9-16)41-15-40-22)20-11-18(28(37)31-6-7-33)12-24(26(20)36)42-27-19(30)8-17(14-34)10-25(27)39-2/h4-5,8-10,12,14,20,24,26,33,36H,3,6-7,11,13,15H2,1-2H3,(H,31,37)/t20-,24+,26+/m1/s1. The van der Waals surface area contributed by atoms with Gasteiger partial charge in [0.15, 0.2) is 23.0 Å². The van der Waals surface area contributed by atoms with E-state index in [1.54, 1.807) is 31.2 Å². The Balaban J connectivity index is 1.74. The molecule has 0 spiro atoms. The summed E-state index contributed by atoms with van der Waals surface area (Å²) in [7, 11) is 1.40. The van der Waals surface area contributed by atoms with Gasteiger partial charge >= 0.3 is 0 Å². The predicted octanol–water partition coefficient (Wildman–Crippen LogP) is 1.76. The van der Waals surface area contributed by atoms with Crippen LogP contribution in [0.4, 0.5) is 0 Å². The van der Waals surface area contributed by atoms with Gasteiger partial charge in [-0.05, 0) is 58.5 Å². The van der Waals surface area contributed by atoms with E-state index < -0.39 is 35.8 Å². The fourth-order valence-electron chi connectivity index (χ4n) is 4.72. The molecule has 2 aromatic carbocycles. The van der Waals surface area contributed by atoms with Crippen molar-refractivity contribution >= 4 is 46.5 Å². The van der Waals surface area contributed by atoms with E-state index in [0.717, 1.165) is 0 Å². The molecule has 0 unspecified atom stereocenters. The largest absolute Gasteiger partial charge is 0.493 e. The van der Waals surface area contributed by atoms with Gasteiger partial charge in [0, 0.05) is 37.1 Å². The van der Waals surface area contributed by atoms with Crippen LogP contribution >= 0.6 is 22.6 Å². The minimum atomic E-state index is -1.38. The predicted molar refractivity (Wildman–Crippen MR) is 157 cm³/mol. The fraction of sp³-hybridized carbons (Fsp3) is 0.379. The minimum Gasteiger partial charge on any atom is -0.493 e. The number of carbonyl (C=O) groups is 4. The molecule has 0 fully saturated rings. The molecule has 3 N–H and O–H groups in total. The van der Waals surface area contributed by atoms with Crippen molar-refractivity contribution in [2.75, 3.05) is 27.1 Å². The number of aliphatic hydroxyl groups is 2. The Morgan fingerprint density at radius 2 is 1.95 bits per heavy atom. The lowest BCUT2D eigenvalue weighted by molar-refractivity contribution is -0.149. The van der Waals surface area contributed by atoms with Crippen molar-refractivity contribution in [2.24, 2.45) is 0 Å². The molecule has 42 heavy (non-hydrogen) atoms. The first-order valence-electron chi connectivity index (χ1n) is 13.2. The lowest BCUT2D eigenvalue weighted by atomic mass is 9.87. The molecule has 3 atom stereocenters. The number of hydrogen-bond donors (Lipinski definition) is 3. The van der Waals surface area contributed by atoms with Gasteiger partial charge < -0.3 is 39.4 Å². The van der Waals surface area contributed by atoms with Crippen LogP contribution in [0.1, 0.15) is 35.7 Å². The summed E-state index contributed by atoms with van der Waals surface area (Å²) in [5.41, 5.74) is 1.15. The van der Waals surface area contributed by atoms with Crippen molar-refractivity contribution in [3.05, 3.63) is 56.7 Å². The van der Waals surface area contributed by atoms with Gasteiger partial charge in [0.25, 0.3) is 5.91 Å². The van der Waals surface area contributed by atoms with Crippen LogP contribution in [0.3, 0.4) is 0 Å². The number of aliphatic hydroxyl groups excluding tert-OH is 2. The maximum Gasteiger partial charge on any atom is 0.290 e. The normalized spacial score (nSPS) is 19.0. The average Bonchev–Trinajstić information content (AvgIpc) is 3.47. The molecule has 0 saturated heterocycles. The van der Waals surface area contributed by atoms with E-state index in [4.69, 9.17) is 18.9 Å². The van der Waals surface area contributed by atoms with Crippen LogP contribution < -0.4 is 24.3 Å². The number of ketones is 1. The lowest BCUT2D eigenvalue weighted by Gasteiger charge is -2.40. The second-order valence-corrected chi connectivity index (χ2v) is 10.7. The zero-order valence-corrected chi connectivity index (χ0v) is 25.2. The van der Waals surface area contributed by atoms with Gasteiger partial charge in [0.2, 0.25) is 18.5 Å². The van der Waals surface area contributed by atoms with Gasteiger partial charge in [0.05, 0.1) is 23.3 Å². The molecule has 1 heterocycles. The van der Waals surface area contributed by atoms with Crippen LogP contribution in [0.2, 0.25) is 0 Å². The first kappa shape index (κ1) is 31.3. The van der Waals surface area contributed by atoms with Gasteiger partial charge in [-0.15, -0.1) is 0 Å². The molecule has 224 valence electrons. The molecular formula is C29H31IN2O10. The SMILES string of the molecule is CCC(=O)C(=O)N(Cc1ccc2c(c1)OCO2)[C@@H]1CC(C(=O)NCCO)=C[C@H](Oc2c(I)cc(C=O)cc2OC)[C@H]1O. The van der Waals surface area contributed by atoms with Gasteiger partial charge in [-0.2, -0.15) is 0 Å². The zero-order valence-electron chi connectivity index (χ0n) is 23.0. The number of hydrogen-bond acceptors (Lipinski definition) is 10. The number of rotatable bonds is 12. The highest BCUT2D eigenvalue weighted by atomic mass is 127. The number of methoxy groups -OCH3 is 1. The number of halogens is 1. The Labute approximate surface area is 255 Å². The highest BCUT2D eigenvalue weighted by molar-refractivity contribution is 14.1. The van der Waals surface area contributed by atoms with E-state index in [2.05, 4.69) is 5.32 Å². The third-order valence-electron chi connectivity index (χ3n) is 6.87. The van der Waals surface area contributed by atoms with E-state index in [-0.39, 0.29) is 56.4 Å². The quantitative estimate of drug-likeness (QED) is 0.170. The summed E-state index contributed by atoms with van der Waals surface area (Å²) in [4.78, 5) is 51.8. The summed E-state index contributed by atoms with van der Waals surface area (Å²) in [6.07, 6.45) is -0.586. The van der Waals surface area contributed by atoms with Crippen LogP contribution in [0, 0.1) is 3.57 Å². The van der Waals surface area contributed by atoms with E-state index in [1.165, 1.54) is 24.2 Å². The first-order chi connectivity index (χ1) is 20.2. The maximum atomic E-state index is 13.5. The summed E-state index contributed by atoms with van der Waals surface area (Å²) >= 11 is 1.97. The number of nitrogens with zero attached hydrogens (tertiary/aromatic N) is 1. The van der Waals surface area contributed by atoms with Gasteiger partial charge in [-0.3, -0.25) is 19.2 Å². The Morgan fingerprint density at radius 1 is 1.19 bits per heavy atom. The fourth-order valence-corrected chi connectivity index (χ4v) is 5.48. The van der Waals surface area contributed by atoms with Crippen LogP contribution in [0.15, 0.2) is 42.0 Å². The summed E-state index contributed by atoms with van der Waals surface area (Å²) in [5.74, 6) is -0.534. The van der Waals surface area contributed by atoms with Gasteiger partial charge in [-0.1, -0.05) is 13.0 Å². The Bertz CT molecular complexity index is 1390. The number of aldehydes is 1. The summed E-state index contributed by atoms with van der Waals surface area (Å²) < 4.78 is 23.0. The molecule has 2 aromatic rings. The Hall–Kier alpha value is -3.69. The molecular weight excluding hydrogens is 663 g/mol. The monoisotopic (exact) mass is 694 g/mol. The molecule has 0 radical (unpaired) electrons. The van der Waals surface area contributed by atoms with Crippen molar-refractivity contribution in [2.45, 2.75) is 44.6 Å². The highest BCUT2D eigenvalue weighted by Gasteiger charge is 2.42. The molecule has 2 amide bonds. The van der Waals surface area contributed by atoms with Crippen LogP contribution in [0.5, 0.6) is 23.0 Å². The van der Waals surface area contributed by atoms with Crippen molar-refractivity contribution in [1.82, 2.24) is 10.2 Å². The summed E-state index contributed by atoms with van der Waals surface area (Å²) in [5, 5.41) is 23.4. The van der Waals surface area contributed by atoms with Crippen molar-refractivity contribution in [3.8, 4) is 23.0 Å². The van der Waals surface area contributed by atoms with Crippen LogP contribution in [-0.4, -0.2) is 84.3 Å². The summed E-state index contributed by atoms with van der Waals surface area (Å²) in [6.45, 7) is 1.25. The van der Waals surface area contributed by atoms with Gasteiger partial charge in [0.1, 0.15) is 18.5 Å². The topological polar surface area (TPSA) is 161 Å². The lowest BCUT2D eigenvalue weighted by Crippen LogP contribution is -2.56. The highest BCUT2D eigenvalue weighted by Crippen LogP contribution is 2.38. The zero-order chi connectivity index (χ0) is 30.4. The minimum absolute atomic E-state index is 0.0119. The molecule has 0 saturated carbocycles. The second-order valence-electron chi connectivity index (χ2n) is 9.57. The second kappa shape index (κ2) is 14.0. The molecule has 2 aliphatic rings. The Kier molecular flexibility index (Phi) is 10.4. The van der Waals surface area contributed by atoms with Gasteiger partial charge in [-0.25, -0.2) is 0 Å². The number of ether oxygens (including phenoxy) is 4. The number of Topliss-reactive ketones (excluding diaryl/α,β-unsaturated/α-hetero) is 1. The number of carbonyl (C=O) groups excluding carboxylic acids is 4. The molecule has 12 nitrogen and oxygen atoms in total.